The highest BCUT2D eigenvalue weighted by Gasteiger charge is 1.97. The molecule has 0 nitrogen and oxygen atoms in total. The zero-order valence-electron chi connectivity index (χ0n) is 15.5. The van der Waals surface area contributed by atoms with E-state index in [-0.39, 0.29) is 0 Å². The Bertz CT molecular complexity index is 1230. The molecule has 132 valence electrons. The standard InChI is InChI=1S/2C14H10/c1-3-7-13-11(5-1)9-10-12-6-2-4-8-14(12)13;1-2-6-12-10-14-8-4-3-7-13(14)9-11(12)5-1/h2*1-10H. The number of benzene rings is 6. The van der Waals surface area contributed by atoms with Crippen molar-refractivity contribution in [1.82, 2.24) is 0 Å². The lowest BCUT2D eigenvalue weighted by atomic mass is 10.0. The van der Waals surface area contributed by atoms with Gasteiger partial charge in [-0.3, -0.25) is 0 Å². The van der Waals surface area contributed by atoms with Crippen LogP contribution >= 0.6 is 0 Å². The number of hydrogen-bond donors (Lipinski definition) is 0. The van der Waals surface area contributed by atoms with Gasteiger partial charge in [-0.25, -0.2) is 0 Å². The van der Waals surface area contributed by atoms with Crippen LogP contribution in [0.15, 0.2) is 121 Å². The van der Waals surface area contributed by atoms with Crippen LogP contribution in [0.2, 0.25) is 0 Å². The van der Waals surface area contributed by atoms with Gasteiger partial charge in [-0.1, -0.05) is 109 Å². The fourth-order valence-electron chi connectivity index (χ4n) is 3.84. The molecule has 0 aliphatic heterocycles. The second-order valence-electron chi connectivity index (χ2n) is 7.05. The average molecular weight is 356 g/mol. The topological polar surface area (TPSA) is 0 Å². The van der Waals surface area contributed by atoms with E-state index in [1.807, 2.05) is 0 Å². The molecule has 0 radical (unpaired) electrons. The summed E-state index contributed by atoms with van der Waals surface area (Å²) in [6, 6.07) is 42.8. The summed E-state index contributed by atoms with van der Waals surface area (Å²) in [5.74, 6) is 0. The van der Waals surface area contributed by atoms with Crippen molar-refractivity contribution < 1.29 is 0 Å². The van der Waals surface area contributed by atoms with Crippen LogP contribution in [0.1, 0.15) is 0 Å². The first kappa shape index (κ1) is 16.5. The van der Waals surface area contributed by atoms with Gasteiger partial charge in [0.2, 0.25) is 0 Å². The van der Waals surface area contributed by atoms with Crippen LogP contribution in [0.4, 0.5) is 0 Å². The van der Waals surface area contributed by atoms with Gasteiger partial charge >= 0.3 is 0 Å². The summed E-state index contributed by atoms with van der Waals surface area (Å²) in [6.45, 7) is 0. The average Bonchev–Trinajstić information content (AvgIpc) is 2.78. The van der Waals surface area contributed by atoms with E-state index in [1.54, 1.807) is 0 Å². The molecule has 0 unspecified atom stereocenters. The summed E-state index contributed by atoms with van der Waals surface area (Å²) in [7, 11) is 0. The van der Waals surface area contributed by atoms with Crippen molar-refractivity contribution in [1.29, 1.82) is 0 Å². The maximum Gasteiger partial charge on any atom is -0.0105 e. The van der Waals surface area contributed by atoms with Crippen LogP contribution in [-0.4, -0.2) is 0 Å². The smallest absolute Gasteiger partial charge is 0.0105 e. The minimum atomic E-state index is 1.31. The molecule has 6 rings (SSSR count). The zero-order valence-corrected chi connectivity index (χ0v) is 15.5. The molecular weight excluding hydrogens is 336 g/mol. The quantitative estimate of drug-likeness (QED) is 0.191. The fourth-order valence-corrected chi connectivity index (χ4v) is 3.84. The van der Waals surface area contributed by atoms with Crippen molar-refractivity contribution in [3.63, 3.8) is 0 Å². The van der Waals surface area contributed by atoms with Gasteiger partial charge in [-0.15, -0.1) is 0 Å². The molecule has 0 aliphatic rings. The molecule has 0 amide bonds. The van der Waals surface area contributed by atoms with E-state index in [4.69, 9.17) is 0 Å². The van der Waals surface area contributed by atoms with Crippen LogP contribution in [0.3, 0.4) is 0 Å². The van der Waals surface area contributed by atoms with E-state index < -0.39 is 0 Å². The molecule has 0 saturated heterocycles. The molecule has 0 N–H and O–H groups in total. The molecule has 6 aromatic carbocycles. The van der Waals surface area contributed by atoms with Gasteiger partial charge in [-0.2, -0.15) is 0 Å². The lowest BCUT2D eigenvalue weighted by molar-refractivity contribution is 1.76. The molecule has 0 fully saturated rings. The molecule has 0 heteroatoms. The maximum atomic E-state index is 2.24. The first-order chi connectivity index (χ1) is 13.9. The van der Waals surface area contributed by atoms with E-state index in [0.29, 0.717) is 0 Å². The van der Waals surface area contributed by atoms with Gasteiger partial charge in [0.05, 0.1) is 0 Å². The number of hydrogen-bond acceptors (Lipinski definition) is 0. The van der Waals surface area contributed by atoms with Crippen LogP contribution in [-0.2, 0) is 0 Å². The van der Waals surface area contributed by atoms with Crippen molar-refractivity contribution in [2.75, 3.05) is 0 Å². The minimum absolute atomic E-state index is 1.31. The van der Waals surface area contributed by atoms with Gasteiger partial charge in [-0.05, 0) is 55.2 Å². The summed E-state index contributed by atoms with van der Waals surface area (Å²) in [4.78, 5) is 0. The third kappa shape index (κ3) is 3.10. The van der Waals surface area contributed by atoms with Gasteiger partial charge in [0, 0.05) is 0 Å². The van der Waals surface area contributed by atoms with Gasteiger partial charge in [0.1, 0.15) is 0 Å². The highest BCUT2D eigenvalue weighted by Crippen LogP contribution is 2.24. The summed E-state index contributed by atoms with van der Waals surface area (Å²) in [6.07, 6.45) is 0. The van der Waals surface area contributed by atoms with Crippen molar-refractivity contribution in [3.8, 4) is 0 Å². The van der Waals surface area contributed by atoms with Crippen LogP contribution in [0, 0.1) is 0 Å². The Morgan fingerprint density at radius 3 is 0.893 bits per heavy atom. The molecule has 0 bridgehead atoms. The molecule has 0 aliphatic carbocycles. The lowest BCUT2D eigenvalue weighted by Crippen LogP contribution is -1.75. The monoisotopic (exact) mass is 356 g/mol. The summed E-state index contributed by atoms with van der Waals surface area (Å²) < 4.78 is 0. The Balaban J connectivity index is 0.000000122. The Morgan fingerprint density at radius 2 is 0.536 bits per heavy atom. The lowest BCUT2D eigenvalue weighted by Gasteiger charge is -2.02. The predicted octanol–water partition coefficient (Wildman–Crippen LogP) is 7.99. The van der Waals surface area contributed by atoms with E-state index in [9.17, 15) is 0 Å². The largest absolute Gasteiger partial charge is 0.0616 e. The molecule has 0 spiro atoms. The van der Waals surface area contributed by atoms with Crippen molar-refractivity contribution in [2.24, 2.45) is 0 Å². The minimum Gasteiger partial charge on any atom is -0.0616 e. The van der Waals surface area contributed by atoms with E-state index in [1.165, 1.54) is 43.1 Å². The van der Waals surface area contributed by atoms with Gasteiger partial charge in [0.25, 0.3) is 0 Å². The van der Waals surface area contributed by atoms with Gasteiger partial charge in [0.15, 0.2) is 0 Å². The van der Waals surface area contributed by atoms with Crippen LogP contribution in [0.5, 0.6) is 0 Å². The Morgan fingerprint density at radius 1 is 0.250 bits per heavy atom. The molecule has 0 saturated carbocycles. The van der Waals surface area contributed by atoms with Gasteiger partial charge < -0.3 is 0 Å². The second kappa shape index (κ2) is 7.17. The Hall–Kier alpha value is -3.64. The molecule has 0 atom stereocenters. The third-order valence-corrected chi connectivity index (χ3v) is 5.27. The van der Waals surface area contributed by atoms with E-state index >= 15 is 0 Å². The molecular formula is C28H20. The molecule has 28 heavy (non-hydrogen) atoms. The number of rotatable bonds is 0. The Labute approximate surface area is 164 Å². The van der Waals surface area contributed by atoms with Crippen LogP contribution < -0.4 is 0 Å². The molecule has 6 aromatic rings. The van der Waals surface area contributed by atoms with E-state index in [0.717, 1.165) is 0 Å². The highest BCUT2D eigenvalue weighted by molar-refractivity contribution is 6.07. The SMILES string of the molecule is c1ccc2c(c1)ccc1ccccc12.c1ccc2cc3ccccc3cc2c1. The molecule has 0 heterocycles. The highest BCUT2D eigenvalue weighted by atomic mass is 14.0. The van der Waals surface area contributed by atoms with Crippen molar-refractivity contribution in [3.05, 3.63) is 121 Å². The van der Waals surface area contributed by atoms with Crippen LogP contribution in [0.25, 0.3) is 43.1 Å². The third-order valence-electron chi connectivity index (χ3n) is 5.27. The molecule has 0 aromatic heterocycles. The zero-order chi connectivity index (χ0) is 18.8. The summed E-state index contributed by atoms with van der Waals surface area (Å²) in [5, 5.41) is 10.5. The van der Waals surface area contributed by atoms with Crippen molar-refractivity contribution in [2.45, 2.75) is 0 Å². The predicted molar refractivity (Wildman–Crippen MR) is 123 cm³/mol. The van der Waals surface area contributed by atoms with Crippen molar-refractivity contribution >= 4 is 43.1 Å². The maximum absolute atomic E-state index is 2.24. The fraction of sp³-hybridized carbons (Fsp3) is 0. The summed E-state index contributed by atoms with van der Waals surface area (Å²) in [5.41, 5.74) is 0. The summed E-state index contributed by atoms with van der Waals surface area (Å²) >= 11 is 0. The Kier molecular flexibility index (Phi) is 4.23. The van der Waals surface area contributed by atoms with E-state index in [2.05, 4.69) is 121 Å². The first-order valence-electron chi connectivity index (χ1n) is 9.62. The number of fused-ring (bicyclic) bond motifs is 5. The first-order valence-corrected chi connectivity index (χ1v) is 9.62. The normalized spacial score (nSPS) is 10.9. The second-order valence-corrected chi connectivity index (χ2v) is 7.05.